The van der Waals surface area contributed by atoms with Gasteiger partial charge in [0.05, 0.1) is 5.69 Å². The summed E-state index contributed by atoms with van der Waals surface area (Å²) in [5, 5.41) is 10.2. The Morgan fingerprint density at radius 1 is 1.40 bits per heavy atom. The Bertz CT molecular complexity index is 459. The number of carboxylic acid groups (broad SMARTS) is 1. The predicted octanol–water partition coefficient (Wildman–Crippen LogP) is 3.81. The summed E-state index contributed by atoms with van der Waals surface area (Å²) in [7, 11) is 0. The third-order valence-electron chi connectivity index (χ3n) is 4.06. The van der Waals surface area contributed by atoms with E-state index in [1.165, 1.54) is 37.0 Å². The summed E-state index contributed by atoms with van der Waals surface area (Å²) in [6.45, 7) is 6.33. The van der Waals surface area contributed by atoms with Crippen molar-refractivity contribution in [1.29, 1.82) is 0 Å². The minimum atomic E-state index is -0.835. The van der Waals surface area contributed by atoms with Gasteiger partial charge in [-0.05, 0) is 31.6 Å². The Morgan fingerprint density at radius 3 is 2.85 bits per heavy atom. The van der Waals surface area contributed by atoms with Crippen molar-refractivity contribution in [3.8, 4) is 0 Å². The van der Waals surface area contributed by atoms with Crippen LogP contribution < -0.4 is 4.90 Å². The first kappa shape index (κ1) is 15.3. The first-order valence-electron chi connectivity index (χ1n) is 7.63. The Morgan fingerprint density at radius 2 is 2.20 bits per heavy atom. The lowest BCUT2D eigenvalue weighted by Crippen LogP contribution is -2.24. The Labute approximate surface area is 124 Å². The molecule has 1 atom stereocenters. The molecule has 0 radical (unpaired) electrons. The maximum absolute atomic E-state index is 11.3. The lowest BCUT2D eigenvalue weighted by atomic mass is 9.98. The summed E-state index contributed by atoms with van der Waals surface area (Å²) in [6.07, 6.45) is 6.59. The summed E-state index contributed by atoms with van der Waals surface area (Å²) >= 11 is 1.35. The molecule has 4 nitrogen and oxygen atoms in total. The van der Waals surface area contributed by atoms with Gasteiger partial charge < -0.3 is 10.0 Å². The van der Waals surface area contributed by atoms with Gasteiger partial charge in [-0.2, -0.15) is 0 Å². The molecule has 112 valence electrons. The highest BCUT2D eigenvalue weighted by Gasteiger charge is 2.22. The summed E-state index contributed by atoms with van der Waals surface area (Å²) in [5.41, 5.74) is 0.760. The van der Waals surface area contributed by atoms with Crippen LogP contribution in [0.2, 0.25) is 0 Å². The first-order chi connectivity index (χ1) is 9.65. The maximum atomic E-state index is 11.3. The molecule has 1 unspecified atom stereocenters. The minimum absolute atomic E-state index is 0.429. The molecule has 2 rings (SSSR count). The monoisotopic (exact) mass is 296 g/mol. The molecule has 0 aromatic carbocycles. The first-order valence-corrected chi connectivity index (χ1v) is 8.45. The molecule has 1 aromatic heterocycles. The fraction of sp³-hybridized carbons (Fsp3) is 0.733. The van der Waals surface area contributed by atoms with E-state index in [9.17, 15) is 9.90 Å². The number of carboxylic acids is 1. The molecule has 0 aliphatic carbocycles. The normalized spacial score (nSPS) is 19.9. The van der Waals surface area contributed by atoms with E-state index >= 15 is 0 Å². The maximum Gasteiger partial charge on any atom is 0.347 e. The molecule has 20 heavy (non-hydrogen) atoms. The van der Waals surface area contributed by atoms with Crippen molar-refractivity contribution >= 4 is 22.4 Å². The number of nitrogens with zero attached hydrogens (tertiary/aromatic N) is 2. The molecule has 1 saturated heterocycles. The van der Waals surface area contributed by atoms with Gasteiger partial charge in [0.2, 0.25) is 0 Å². The summed E-state index contributed by atoms with van der Waals surface area (Å²) in [4.78, 5) is 18.6. The molecule has 1 aromatic rings. The van der Waals surface area contributed by atoms with Crippen LogP contribution in [0.15, 0.2) is 0 Å². The van der Waals surface area contributed by atoms with Crippen molar-refractivity contribution in [2.24, 2.45) is 5.92 Å². The van der Waals surface area contributed by atoms with Crippen LogP contribution in [0.1, 0.15) is 61.3 Å². The number of hydrogen-bond donors (Lipinski definition) is 1. The third kappa shape index (κ3) is 3.51. The van der Waals surface area contributed by atoms with Crippen LogP contribution in [-0.4, -0.2) is 29.1 Å². The zero-order valence-corrected chi connectivity index (χ0v) is 13.2. The van der Waals surface area contributed by atoms with Crippen molar-refractivity contribution in [2.75, 3.05) is 18.0 Å². The van der Waals surface area contributed by atoms with E-state index in [2.05, 4.69) is 23.7 Å². The van der Waals surface area contributed by atoms with Gasteiger partial charge in [0.25, 0.3) is 0 Å². The number of aromatic nitrogens is 1. The molecule has 0 bridgehead atoms. The molecule has 0 amide bonds. The van der Waals surface area contributed by atoms with Gasteiger partial charge in [-0.1, -0.05) is 38.0 Å². The van der Waals surface area contributed by atoms with Crippen LogP contribution in [0.4, 0.5) is 5.13 Å². The SMILES string of the molecule is CCCc1nc(N2CCCC(CC)CC2)sc1C(=O)O. The highest BCUT2D eigenvalue weighted by Crippen LogP contribution is 2.30. The number of aromatic carboxylic acids is 1. The fourth-order valence-corrected chi connectivity index (χ4v) is 3.82. The van der Waals surface area contributed by atoms with Crippen LogP contribution in [0, 0.1) is 5.92 Å². The van der Waals surface area contributed by atoms with E-state index in [4.69, 9.17) is 0 Å². The quantitative estimate of drug-likeness (QED) is 0.897. The van der Waals surface area contributed by atoms with E-state index in [1.54, 1.807) is 0 Å². The zero-order valence-electron chi connectivity index (χ0n) is 12.4. The van der Waals surface area contributed by atoms with Crippen molar-refractivity contribution in [2.45, 2.75) is 52.4 Å². The Hall–Kier alpha value is -1.10. The largest absolute Gasteiger partial charge is 0.477 e. The van der Waals surface area contributed by atoms with Gasteiger partial charge in [-0.15, -0.1) is 0 Å². The highest BCUT2D eigenvalue weighted by atomic mass is 32.1. The van der Waals surface area contributed by atoms with Gasteiger partial charge in [-0.3, -0.25) is 0 Å². The minimum Gasteiger partial charge on any atom is -0.477 e. The van der Waals surface area contributed by atoms with Crippen LogP contribution in [-0.2, 0) is 6.42 Å². The number of anilines is 1. The van der Waals surface area contributed by atoms with Crippen LogP contribution in [0.3, 0.4) is 0 Å². The Kier molecular flexibility index (Phi) is 5.40. The van der Waals surface area contributed by atoms with E-state index in [-0.39, 0.29) is 0 Å². The molecular formula is C15H24N2O2S. The van der Waals surface area contributed by atoms with E-state index in [1.807, 2.05) is 0 Å². The number of hydrogen-bond acceptors (Lipinski definition) is 4. The smallest absolute Gasteiger partial charge is 0.347 e. The second-order valence-electron chi connectivity index (χ2n) is 5.52. The average molecular weight is 296 g/mol. The second-order valence-corrected chi connectivity index (χ2v) is 6.50. The van der Waals surface area contributed by atoms with Gasteiger partial charge in [0, 0.05) is 13.1 Å². The number of aryl methyl sites for hydroxylation is 1. The summed E-state index contributed by atoms with van der Waals surface area (Å²) < 4.78 is 0. The molecule has 2 heterocycles. The third-order valence-corrected chi connectivity index (χ3v) is 5.21. The lowest BCUT2D eigenvalue weighted by molar-refractivity contribution is 0.0700. The average Bonchev–Trinajstić information content (AvgIpc) is 2.70. The molecule has 1 fully saturated rings. The Balaban J connectivity index is 2.15. The van der Waals surface area contributed by atoms with E-state index in [0.29, 0.717) is 4.88 Å². The van der Waals surface area contributed by atoms with Crippen molar-refractivity contribution < 1.29 is 9.90 Å². The number of carbonyl (C=O) groups is 1. The lowest BCUT2D eigenvalue weighted by Gasteiger charge is -2.19. The second kappa shape index (κ2) is 7.07. The molecular weight excluding hydrogens is 272 g/mol. The van der Waals surface area contributed by atoms with Crippen molar-refractivity contribution in [3.05, 3.63) is 10.6 Å². The van der Waals surface area contributed by atoms with Gasteiger partial charge >= 0.3 is 5.97 Å². The zero-order chi connectivity index (χ0) is 14.5. The van der Waals surface area contributed by atoms with Crippen molar-refractivity contribution in [1.82, 2.24) is 4.98 Å². The van der Waals surface area contributed by atoms with Gasteiger partial charge in [0.1, 0.15) is 4.88 Å². The molecule has 1 aliphatic rings. The number of rotatable bonds is 5. The highest BCUT2D eigenvalue weighted by molar-refractivity contribution is 7.17. The topological polar surface area (TPSA) is 53.4 Å². The molecule has 5 heteroatoms. The van der Waals surface area contributed by atoms with E-state index < -0.39 is 5.97 Å². The predicted molar refractivity (Wildman–Crippen MR) is 82.9 cm³/mol. The molecule has 1 N–H and O–H groups in total. The molecule has 0 saturated carbocycles. The molecule has 0 spiro atoms. The van der Waals surface area contributed by atoms with Crippen molar-refractivity contribution in [3.63, 3.8) is 0 Å². The summed E-state index contributed by atoms with van der Waals surface area (Å²) in [6, 6.07) is 0. The number of thiazole rings is 1. The van der Waals surface area contributed by atoms with E-state index in [0.717, 1.165) is 42.7 Å². The summed E-state index contributed by atoms with van der Waals surface area (Å²) in [5.74, 6) is -0.0209. The standard InChI is InChI=1S/C15H24N2O2S/c1-3-6-12-13(14(18)19)20-15(16-12)17-9-5-7-11(4-2)8-10-17/h11H,3-10H2,1-2H3,(H,18,19). The molecule has 1 aliphatic heterocycles. The van der Waals surface area contributed by atoms with Crippen LogP contribution >= 0.6 is 11.3 Å². The van der Waals surface area contributed by atoms with Crippen LogP contribution in [0.25, 0.3) is 0 Å². The fourth-order valence-electron chi connectivity index (χ4n) is 2.81. The van der Waals surface area contributed by atoms with Crippen LogP contribution in [0.5, 0.6) is 0 Å². The van der Waals surface area contributed by atoms with Gasteiger partial charge in [0.15, 0.2) is 5.13 Å². The van der Waals surface area contributed by atoms with Gasteiger partial charge in [-0.25, -0.2) is 9.78 Å².